The van der Waals surface area contributed by atoms with E-state index in [0.29, 0.717) is 6.54 Å². The molecule has 0 aromatic carbocycles. The van der Waals surface area contributed by atoms with E-state index in [-0.39, 0.29) is 6.61 Å². The molecule has 0 saturated heterocycles. The number of hydrogen-bond acceptors (Lipinski definition) is 2. The molecule has 0 saturated carbocycles. The monoisotopic (exact) mass is 115 g/mol. The Balaban J connectivity index is 3.26. The summed E-state index contributed by atoms with van der Waals surface area (Å²) in [7, 11) is 0. The minimum Gasteiger partial charge on any atom is -0.396 e. The molecule has 0 spiro atoms. The van der Waals surface area contributed by atoms with Crippen molar-refractivity contribution in [1.82, 2.24) is 0 Å². The maximum atomic E-state index is 8.33. The molecular formula is C6H13NO. The van der Waals surface area contributed by atoms with Crippen LogP contribution in [-0.4, -0.2) is 18.3 Å². The minimum atomic E-state index is 0.220. The summed E-state index contributed by atoms with van der Waals surface area (Å²) in [5.41, 5.74) is 6.40. The standard InChI is InChI=1S/C6H13NO/c1-6(5-7)3-2-4-8/h3,8H,2,4-5,7H2,1H3/b6-3+. The van der Waals surface area contributed by atoms with Crippen molar-refractivity contribution in [2.24, 2.45) is 5.73 Å². The normalized spacial score (nSPS) is 12.1. The predicted molar refractivity (Wildman–Crippen MR) is 34.5 cm³/mol. The molecule has 0 aromatic rings. The lowest BCUT2D eigenvalue weighted by atomic mass is 10.2. The summed E-state index contributed by atoms with van der Waals surface area (Å²) in [6.45, 7) is 2.77. The first-order valence-corrected chi connectivity index (χ1v) is 2.77. The van der Waals surface area contributed by atoms with E-state index in [9.17, 15) is 0 Å². The number of rotatable bonds is 3. The number of aliphatic hydroxyl groups excluding tert-OH is 1. The fourth-order valence-electron chi connectivity index (χ4n) is 0.394. The summed E-state index contributed by atoms with van der Waals surface area (Å²) in [6, 6.07) is 0. The molecule has 2 nitrogen and oxygen atoms in total. The Labute approximate surface area is 50.0 Å². The van der Waals surface area contributed by atoms with Crippen LogP contribution in [0.5, 0.6) is 0 Å². The first-order valence-electron chi connectivity index (χ1n) is 2.77. The van der Waals surface area contributed by atoms with Gasteiger partial charge in [-0.15, -0.1) is 0 Å². The fourth-order valence-corrected chi connectivity index (χ4v) is 0.394. The van der Waals surface area contributed by atoms with Crippen LogP contribution in [0.4, 0.5) is 0 Å². The second-order valence-corrected chi connectivity index (χ2v) is 1.77. The molecule has 0 aliphatic rings. The Hall–Kier alpha value is -0.340. The summed E-state index contributed by atoms with van der Waals surface area (Å²) >= 11 is 0. The molecule has 8 heavy (non-hydrogen) atoms. The summed E-state index contributed by atoms with van der Waals surface area (Å²) in [4.78, 5) is 0. The number of hydrogen-bond donors (Lipinski definition) is 2. The third kappa shape index (κ3) is 3.84. The van der Waals surface area contributed by atoms with Crippen molar-refractivity contribution in [1.29, 1.82) is 0 Å². The molecule has 2 heteroatoms. The van der Waals surface area contributed by atoms with Gasteiger partial charge in [0.2, 0.25) is 0 Å². The second kappa shape index (κ2) is 4.81. The van der Waals surface area contributed by atoms with E-state index < -0.39 is 0 Å². The van der Waals surface area contributed by atoms with E-state index in [0.717, 1.165) is 12.0 Å². The lowest BCUT2D eigenvalue weighted by Gasteiger charge is -1.91. The van der Waals surface area contributed by atoms with Gasteiger partial charge < -0.3 is 10.8 Å². The van der Waals surface area contributed by atoms with Gasteiger partial charge in [0.25, 0.3) is 0 Å². The highest BCUT2D eigenvalue weighted by Crippen LogP contribution is 1.89. The fraction of sp³-hybridized carbons (Fsp3) is 0.667. The van der Waals surface area contributed by atoms with Gasteiger partial charge in [0, 0.05) is 13.2 Å². The lowest BCUT2D eigenvalue weighted by molar-refractivity contribution is 0.302. The van der Waals surface area contributed by atoms with Crippen LogP contribution in [0.3, 0.4) is 0 Å². The van der Waals surface area contributed by atoms with Crippen LogP contribution in [0, 0.1) is 0 Å². The van der Waals surface area contributed by atoms with Gasteiger partial charge >= 0.3 is 0 Å². The maximum Gasteiger partial charge on any atom is 0.0465 e. The van der Waals surface area contributed by atoms with Crippen LogP contribution in [0.15, 0.2) is 11.6 Å². The third-order valence-corrected chi connectivity index (χ3v) is 0.944. The lowest BCUT2D eigenvalue weighted by Crippen LogP contribution is -1.99. The van der Waals surface area contributed by atoms with Crippen molar-refractivity contribution in [2.45, 2.75) is 13.3 Å². The number of aliphatic hydroxyl groups is 1. The molecule has 48 valence electrons. The molecule has 0 rings (SSSR count). The van der Waals surface area contributed by atoms with Crippen molar-refractivity contribution >= 4 is 0 Å². The van der Waals surface area contributed by atoms with E-state index in [1.54, 1.807) is 0 Å². The van der Waals surface area contributed by atoms with Crippen molar-refractivity contribution in [3.8, 4) is 0 Å². The molecule has 0 unspecified atom stereocenters. The summed E-state index contributed by atoms with van der Waals surface area (Å²) in [6.07, 6.45) is 2.67. The van der Waals surface area contributed by atoms with Gasteiger partial charge in [0.1, 0.15) is 0 Å². The van der Waals surface area contributed by atoms with Gasteiger partial charge in [0.05, 0.1) is 0 Å². The minimum absolute atomic E-state index is 0.220. The van der Waals surface area contributed by atoms with E-state index in [2.05, 4.69) is 0 Å². The first kappa shape index (κ1) is 7.66. The summed E-state index contributed by atoms with van der Waals surface area (Å²) in [5.74, 6) is 0. The molecule has 0 aliphatic heterocycles. The van der Waals surface area contributed by atoms with Crippen LogP contribution in [0.25, 0.3) is 0 Å². The van der Waals surface area contributed by atoms with Gasteiger partial charge in [-0.1, -0.05) is 11.6 Å². The quantitative estimate of drug-likeness (QED) is 0.519. The molecule has 0 radical (unpaired) electrons. The summed E-state index contributed by atoms with van der Waals surface area (Å²) < 4.78 is 0. The largest absolute Gasteiger partial charge is 0.396 e. The Morgan fingerprint density at radius 2 is 2.38 bits per heavy atom. The highest BCUT2D eigenvalue weighted by Gasteiger charge is 1.80. The van der Waals surface area contributed by atoms with Gasteiger partial charge in [-0.25, -0.2) is 0 Å². The average molecular weight is 115 g/mol. The molecular weight excluding hydrogens is 102 g/mol. The topological polar surface area (TPSA) is 46.2 Å². The Morgan fingerprint density at radius 1 is 1.75 bits per heavy atom. The maximum absolute atomic E-state index is 8.33. The Morgan fingerprint density at radius 3 is 2.75 bits per heavy atom. The average Bonchev–Trinajstić information content (AvgIpc) is 1.83. The second-order valence-electron chi connectivity index (χ2n) is 1.77. The van der Waals surface area contributed by atoms with Crippen LogP contribution in [0.1, 0.15) is 13.3 Å². The molecule has 0 heterocycles. The van der Waals surface area contributed by atoms with E-state index in [4.69, 9.17) is 10.8 Å². The van der Waals surface area contributed by atoms with E-state index in [1.807, 2.05) is 13.0 Å². The van der Waals surface area contributed by atoms with Gasteiger partial charge in [-0.2, -0.15) is 0 Å². The van der Waals surface area contributed by atoms with Crippen molar-refractivity contribution in [3.05, 3.63) is 11.6 Å². The summed E-state index contributed by atoms with van der Waals surface area (Å²) in [5, 5.41) is 8.33. The van der Waals surface area contributed by atoms with E-state index in [1.165, 1.54) is 0 Å². The SMILES string of the molecule is C/C(=C\CCO)CN. The van der Waals surface area contributed by atoms with Crippen LogP contribution in [0.2, 0.25) is 0 Å². The molecule has 0 atom stereocenters. The molecule has 0 bridgehead atoms. The first-order chi connectivity index (χ1) is 3.81. The number of nitrogens with two attached hydrogens (primary N) is 1. The predicted octanol–water partition coefficient (Wildman–Crippen LogP) is 0.274. The smallest absolute Gasteiger partial charge is 0.0465 e. The van der Waals surface area contributed by atoms with Gasteiger partial charge in [-0.05, 0) is 13.3 Å². The van der Waals surface area contributed by atoms with Crippen LogP contribution < -0.4 is 5.73 Å². The van der Waals surface area contributed by atoms with Crippen molar-refractivity contribution in [3.63, 3.8) is 0 Å². The van der Waals surface area contributed by atoms with Crippen LogP contribution >= 0.6 is 0 Å². The van der Waals surface area contributed by atoms with Gasteiger partial charge in [0.15, 0.2) is 0 Å². The third-order valence-electron chi connectivity index (χ3n) is 0.944. The Kier molecular flexibility index (Phi) is 4.61. The Bertz CT molecular complexity index is 78.6. The van der Waals surface area contributed by atoms with Gasteiger partial charge in [-0.3, -0.25) is 0 Å². The highest BCUT2D eigenvalue weighted by molar-refractivity contribution is 4.98. The molecule has 0 amide bonds. The van der Waals surface area contributed by atoms with Crippen molar-refractivity contribution in [2.75, 3.05) is 13.2 Å². The van der Waals surface area contributed by atoms with E-state index >= 15 is 0 Å². The van der Waals surface area contributed by atoms with Crippen molar-refractivity contribution < 1.29 is 5.11 Å². The molecule has 0 aliphatic carbocycles. The molecule has 0 fully saturated rings. The molecule has 3 N–H and O–H groups in total. The zero-order valence-corrected chi connectivity index (χ0v) is 5.22. The zero-order valence-electron chi connectivity index (χ0n) is 5.22. The molecule has 0 aromatic heterocycles. The van der Waals surface area contributed by atoms with Crippen LogP contribution in [-0.2, 0) is 0 Å². The zero-order chi connectivity index (χ0) is 6.41. The highest BCUT2D eigenvalue weighted by atomic mass is 16.2.